The van der Waals surface area contributed by atoms with Crippen molar-refractivity contribution in [1.82, 2.24) is 24.9 Å². The standard InChI is InChI=1S/C53H33N5/c1-3-9-44-42(7-1)43-8-2-4-10-45(43)51-50(44)46-11-5-6-12-47(46)56-52(51)40-21-23-41(24-22-40)53-57-48(38-17-13-34(14-18-38)36-25-29-54-30-26-36)33-49(58-53)39-19-15-35(16-20-39)37-27-31-55-32-28-37/h1-33H. The molecule has 0 saturated carbocycles. The Labute approximate surface area is 335 Å². The fourth-order valence-corrected chi connectivity index (χ4v) is 8.24. The lowest BCUT2D eigenvalue weighted by atomic mass is 9.90. The molecule has 270 valence electrons. The van der Waals surface area contributed by atoms with E-state index in [4.69, 9.17) is 15.0 Å². The molecule has 0 radical (unpaired) electrons. The van der Waals surface area contributed by atoms with E-state index in [1.54, 1.807) is 0 Å². The molecule has 5 heteroatoms. The van der Waals surface area contributed by atoms with Gasteiger partial charge < -0.3 is 0 Å². The molecule has 4 heterocycles. The summed E-state index contributed by atoms with van der Waals surface area (Å²) < 4.78 is 0. The number of para-hydroxylation sites is 1. The summed E-state index contributed by atoms with van der Waals surface area (Å²) in [4.78, 5) is 24.1. The van der Waals surface area contributed by atoms with Crippen LogP contribution in [0, 0.1) is 0 Å². The number of hydrogen-bond acceptors (Lipinski definition) is 5. The molecule has 0 aliphatic heterocycles. The zero-order valence-corrected chi connectivity index (χ0v) is 31.3. The van der Waals surface area contributed by atoms with Gasteiger partial charge in [0.05, 0.1) is 22.6 Å². The summed E-state index contributed by atoms with van der Waals surface area (Å²) >= 11 is 0. The molecule has 0 bridgehead atoms. The number of aromatic nitrogens is 5. The van der Waals surface area contributed by atoms with E-state index in [-0.39, 0.29) is 0 Å². The van der Waals surface area contributed by atoms with Gasteiger partial charge in [-0.05, 0) is 80.2 Å². The monoisotopic (exact) mass is 739 g/mol. The van der Waals surface area contributed by atoms with Crippen LogP contribution in [0.2, 0.25) is 0 Å². The molecule has 0 amide bonds. The first-order valence-electron chi connectivity index (χ1n) is 19.4. The van der Waals surface area contributed by atoms with Gasteiger partial charge in [-0.3, -0.25) is 9.97 Å². The number of benzene rings is 7. The van der Waals surface area contributed by atoms with E-state index >= 15 is 0 Å². The summed E-state index contributed by atoms with van der Waals surface area (Å²) in [6.45, 7) is 0. The average molecular weight is 740 g/mol. The maximum Gasteiger partial charge on any atom is 0.160 e. The minimum Gasteiger partial charge on any atom is -0.265 e. The van der Waals surface area contributed by atoms with E-state index in [0.717, 1.165) is 77.9 Å². The fraction of sp³-hybridized carbons (Fsp3) is 0. The second-order valence-electron chi connectivity index (χ2n) is 14.5. The number of fused-ring (bicyclic) bond motifs is 8. The van der Waals surface area contributed by atoms with Crippen LogP contribution < -0.4 is 0 Å². The molecule has 11 aromatic rings. The average Bonchev–Trinajstić information content (AvgIpc) is 3.32. The molecule has 0 aliphatic carbocycles. The Kier molecular flexibility index (Phi) is 8.07. The van der Waals surface area contributed by atoms with Crippen LogP contribution in [0.5, 0.6) is 0 Å². The topological polar surface area (TPSA) is 64.5 Å². The lowest BCUT2D eigenvalue weighted by molar-refractivity contribution is 1.18. The third kappa shape index (κ3) is 5.85. The van der Waals surface area contributed by atoms with Gasteiger partial charge in [0.2, 0.25) is 0 Å². The lowest BCUT2D eigenvalue weighted by Gasteiger charge is -2.16. The van der Waals surface area contributed by atoms with Crippen molar-refractivity contribution in [3.8, 4) is 67.4 Å². The van der Waals surface area contributed by atoms with Crippen LogP contribution in [0.3, 0.4) is 0 Å². The first-order valence-corrected chi connectivity index (χ1v) is 19.4. The third-order valence-electron chi connectivity index (χ3n) is 11.1. The van der Waals surface area contributed by atoms with Gasteiger partial charge in [-0.15, -0.1) is 0 Å². The molecule has 0 fully saturated rings. The number of rotatable bonds is 6. The summed E-state index contributed by atoms with van der Waals surface area (Å²) in [5.74, 6) is 0.656. The van der Waals surface area contributed by atoms with Crippen molar-refractivity contribution < 1.29 is 0 Å². The summed E-state index contributed by atoms with van der Waals surface area (Å²) in [5.41, 5.74) is 12.1. The molecule has 0 saturated heterocycles. The number of pyridine rings is 3. The minimum absolute atomic E-state index is 0.656. The van der Waals surface area contributed by atoms with Gasteiger partial charge >= 0.3 is 0 Å². The smallest absolute Gasteiger partial charge is 0.160 e. The second-order valence-corrected chi connectivity index (χ2v) is 14.5. The SMILES string of the molecule is c1ccc2c(c1)nc(-c1ccc(-c3nc(-c4ccc(-c5ccncc5)cc4)cc(-c4ccc(-c5ccncc5)cc4)n3)cc1)c1c3ccccc3c3ccccc3c21. The molecule has 0 aliphatic rings. The normalized spacial score (nSPS) is 11.4. The summed E-state index contributed by atoms with van der Waals surface area (Å²) in [5, 5.41) is 8.43. The molecule has 0 unspecified atom stereocenters. The van der Waals surface area contributed by atoms with Gasteiger partial charge in [0.15, 0.2) is 5.82 Å². The molecule has 4 aromatic heterocycles. The molecule has 0 atom stereocenters. The van der Waals surface area contributed by atoms with E-state index in [1.165, 1.54) is 26.9 Å². The van der Waals surface area contributed by atoms with Crippen molar-refractivity contribution in [2.75, 3.05) is 0 Å². The minimum atomic E-state index is 0.656. The van der Waals surface area contributed by atoms with Crippen molar-refractivity contribution in [3.63, 3.8) is 0 Å². The van der Waals surface area contributed by atoms with Crippen molar-refractivity contribution in [2.24, 2.45) is 0 Å². The molecule has 0 N–H and O–H groups in total. The molecule has 0 spiro atoms. The van der Waals surface area contributed by atoms with Crippen LogP contribution >= 0.6 is 0 Å². The van der Waals surface area contributed by atoms with E-state index in [9.17, 15) is 0 Å². The van der Waals surface area contributed by atoms with Crippen LogP contribution in [0.4, 0.5) is 0 Å². The Morgan fingerprint density at radius 3 is 1.21 bits per heavy atom. The maximum atomic E-state index is 5.36. The second kappa shape index (κ2) is 14.0. The van der Waals surface area contributed by atoms with Crippen molar-refractivity contribution in [3.05, 3.63) is 201 Å². The van der Waals surface area contributed by atoms with Gasteiger partial charge in [0, 0.05) is 63.2 Å². The van der Waals surface area contributed by atoms with E-state index in [0.29, 0.717) is 5.82 Å². The Hall–Kier alpha value is -7.89. The summed E-state index contributed by atoms with van der Waals surface area (Å²) in [6.07, 6.45) is 7.28. The predicted octanol–water partition coefficient (Wildman–Crippen LogP) is 13.3. The molecular formula is C53H33N5. The highest BCUT2D eigenvalue weighted by atomic mass is 14.9. The van der Waals surface area contributed by atoms with Gasteiger partial charge in [0.1, 0.15) is 0 Å². The highest BCUT2D eigenvalue weighted by Gasteiger charge is 2.18. The molecule has 58 heavy (non-hydrogen) atoms. The van der Waals surface area contributed by atoms with Gasteiger partial charge in [0.25, 0.3) is 0 Å². The van der Waals surface area contributed by atoms with Gasteiger partial charge in [-0.25, -0.2) is 15.0 Å². The Morgan fingerprint density at radius 2 is 0.672 bits per heavy atom. The molecular weight excluding hydrogens is 707 g/mol. The predicted molar refractivity (Wildman–Crippen MR) is 238 cm³/mol. The van der Waals surface area contributed by atoms with Crippen molar-refractivity contribution >= 4 is 43.2 Å². The summed E-state index contributed by atoms with van der Waals surface area (Å²) in [7, 11) is 0. The quantitative estimate of drug-likeness (QED) is 0.159. The van der Waals surface area contributed by atoms with Crippen LogP contribution in [0.15, 0.2) is 201 Å². The largest absolute Gasteiger partial charge is 0.265 e. The summed E-state index contributed by atoms with van der Waals surface area (Å²) in [6, 6.07) is 61.8. The molecule has 5 nitrogen and oxygen atoms in total. The molecule has 7 aromatic carbocycles. The third-order valence-corrected chi connectivity index (χ3v) is 11.1. The van der Waals surface area contributed by atoms with Crippen LogP contribution in [-0.2, 0) is 0 Å². The Morgan fingerprint density at radius 1 is 0.276 bits per heavy atom. The zero-order valence-electron chi connectivity index (χ0n) is 31.3. The van der Waals surface area contributed by atoms with Gasteiger partial charge in [-0.1, -0.05) is 140 Å². The Bertz CT molecular complexity index is 3190. The van der Waals surface area contributed by atoms with Crippen LogP contribution in [-0.4, -0.2) is 24.9 Å². The van der Waals surface area contributed by atoms with Crippen molar-refractivity contribution in [2.45, 2.75) is 0 Å². The number of hydrogen-bond donors (Lipinski definition) is 0. The van der Waals surface area contributed by atoms with E-state index in [2.05, 4.69) is 162 Å². The van der Waals surface area contributed by atoms with Crippen LogP contribution in [0.1, 0.15) is 0 Å². The van der Waals surface area contributed by atoms with Gasteiger partial charge in [-0.2, -0.15) is 0 Å². The Balaban J connectivity index is 1.05. The van der Waals surface area contributed by atoms with Crippen molar-refractivity contribution in [1.29, 1.82) is 0 Å². The first kappa shape index (κ1) is 33.4. The number of nitrogens with zero attached hydrogens (tertiary/aromatic N) is 5. The zero-order chi connectivity index (χ0) is 38.4. The van der Waals surface area contributed by atoms with E-state index < -0.39 is 0 Å². The molecule has 11 rings (SSSR count). The highest BCUT2D eigenvalue weighted by Crippen LogP contribution is 2.43. The lowest BCUT2D eigenvalue weighted by Crippen LogP contribution is -1.96. The van der Waals surface area contributed by atoms with Crippen LogP contribution in [0.25, 0.3) is 111 Å². The van der Waals surface area contributed by atoms with E-state index in [1.807, 2.05) is 49.1 Å². The fourth-order valence-electron chi connectivity index (χ4n) is 8.24. The first-order chi connectivity index (χ1) is 28.7. The highest BCUT2D eigenvalue weighted by molar-refractivity contribution is 6.33. The maximum absolute atomic E-state index is 5.36.